The number of aliphatic hydroxyl groups excluding tert-OH is 1. The molecule has 1 saturated heterocycles. The van der Waals surface area contributed by atoms with E-state index in [4.69, 9.17) is 0 Å². The van der Waals surface area contributed by atoms with Gasteiger partial charge in [0.2, 0.25) is 0 Å². The molecule has 1 fully saturated rings. The maximum Gasteiger partial charge on any atom is 0.122 e. The molecule has 0 saturated carbocycles. The molecule has 2 heterocycles. The second-order valence-corrected chi connectivity index (χ2v) is 3.99. The molecule has 0 amide bonds. The Labute approximate surface area is 84.2 Å². The molecule has 78 valence electrons. The van der Waals surface area contributed by atoms with Gasteiger partial charge in [-0.25, -0.2) is 4.98 Å². The molecule has 0 aromatic carbocycles. The summed E-state index contributed by atoms with van der Waals surface area (Å²) in [6.07, 6.45) is 5.65. The van der Waals surface area contributed by atoms with Crippen LogP contribution in [0, 0.1) is 0 Å². The lowest BCUT2D eigenvalue weighted by Gasteiger charge is -2.29. The molecule has 0 aliphatic carbocycles. The van der Waals surface area contributed by atoms with Gasteiger partial charge in [-0.05, 0) is 19.4 Å². The van der Waals surface area contributed by atoms with Crippen molar-refractivity contribution in [1.82, 2.24) is 14.5 Å². The van der Waals surface area contributed by atoms with Crippen molar-refractivity contribution in [3.63, 3.8) is 0 Å². The smallest absolute Gasteiger partial charge is 0.122 e. The number of aromatic nitrogens is 2. The number of hydrogen-bond donors (Lipinski definition) is 1. The van der Waals surface area contributed by atoms with Crippen LogP contribution >= 0.6 is 0 Å². The summed E-state index contributed by atoms with van der Waals surface area (Å²) in [6.45, 7) is 2.71. The minimum Gasteiger partial charge on any atom is -0.392 e. The van der Waals surface area contributed by atoms with Gasteiger partial charge in [0.05, 0.1) is 12.6 Å². The number of likely N-dealkylation sites (tertiary alicyclic amines) is 1. The molecule has 14 heavy (non-hydrogen) atoms. The summed E-state index contributed by atoms with van der Waals surface area (Å²) < 4.78 is 2.03. The average molecular weight is 195 g/mol. The number of aliphatic hydroxyl groups is 1. The summed E-state index contributed by atoms with van der Waals surface area (Å²) in [4.78, 5) is 6.53. The molecule has 1 aromatic heterocycles. The normalized spacial score (nSPS) is 24.0. The van der Waals surface area contributed by atoms with Crippen LogP contribution in [0.2, 0.25) is 0 Å². The van der Waals surface area contributed by atoms with Crippen molar-refractivity contribution in [3.05, 3.63) is 18.2 Å². The highest BCUT2D eigenvalue weighted by Crippen LogP contribution is 2.12. The van der Waals surface area contributed by atoms with E-state index in [1.165, 1.54) is 0 Å². The summed E-state index contributed by atoms with van der Waals surface area (Å²) in [5, 5.41) is 9.51. The SMILES string of the molecule is Cn1ccnc1CN1CCCC(O)C1. The highest BCUT2D eigenvalue weighted by Gasteiger charge is 2.18. The van der Waals surface area contributed by atoms with Gasteiger partial charge in [0.25, 0.3) is 0 Å². The number of imidazole rings is 1. The zero-order chi connectivity index (χ0) is 9.97. The molecule has 0 radical (unpaired) electrons. The highest BCUT2D eigenvalue weighted by atomic mass is 16.3. The minimum absolute atomic E-state index is 0.149. The Morgan fingerprint density at radius 2 is 2.50 bits per heavy atom. The van der Waals surface area contributed by atoms with Crippen LogP contribution < -0.4 is 0 Å². The molecule has 1 unspecified atom stereocenters. The second kappa shape index (κ2) is 4.11. The van der Waals surface area contributed by atoms with Gasteiger partial charge >= 0.3 is 0 Å². The maximum absolute atomic E-state index is 9.51. The Morgan fingerprint density at radius 3 is 3.14 bits per heavy atom. The first-order chi connectivity index (χ1) is 6.75. The molecule has 1 aliphatic heterocycles. The number of piperidine rings is 1. The lowest BCUT2D eigenvalue weighted by molar-refractivity contribution is 0.0651. The quantitative estimate of drug-likeness (QED) is 0.741. The Morgan fingerprint density at radius 1 is 1.64 bits per heavy atom. The van der Waals surface area contributed by atoms with Crippen LogP contribution in [0.5, 0.6) is 0 Å². The van der Waals surface area contributed by atoms with Gasteiger partial charge in [0.1, 0.15) is 5.82 Å². The van der Waals surface area contributed by atoms with Crippen LogP contribution in [0.3, 0.4) is 0 Å². The number of rotatable bonds is 2. The maximum atomic E-state index is 9.51. The van der Waals surface area contributed by atoms with E-state index in [2.05, 4.69) is 9.88 Å². The van der Waals surface area contributed by atoms with E-state index < -0.39 is 0 Å². The fraction of sp³-hybridized carbons (Fsp3) is 0.700. The van der Waals surface area contributed by atoms with E-state index in [-0.39, 0.29) is 6.10 Å². The van der Waals surface area contributed by atoms with E-state index in [0.29, 0.717) is 0 Å². The zero-order valence-corrected chi connectivity index (χ0v) is 8.56. The van der Waals surface area contributed by atoms with Crippen LogP contribution in [-0.4, -0.2) is 38.8 Å². The summed E-state index contributed by atoms with van der Waals surface area (Å²) in [7, 11) is 2.00. The van der Waals surface area contributed by atoms with Gasteiger partial charge < -0.3 is 9.67 Å². The van der Waals surface area contributed by atoms with E-state index in [9.17, 15) is 5.11 Å². The molecule has 1 aliphatic rings. The van der Waals surface area contributed by atoms with Gasteiger partial charge in [-0.2, -0.15) is 0 Å². The molecule has 4 heteroatoms. The molecule has 1 atom stereocenters. The van der Waals surface area contributed by atoms with E-state index in [1.807, 2.05) is 24.0 Å². The van der Waals surface area contributed by atoms with Crippen LogP contribution in [0.1, 0.15) is 18.7 Å². The topological polar surface area (TPSA) is 41.3 Å². The van der Waals surface area contributed by atoms with Crippen molar-refractivity contribution < 1.29 is 5.11 Å². The van der Waals surface area contributed by atoms with Gasteiger partial charge in [0, 0.05) is 26.0 Å². The molecule has 1 N–H and O–H groups in total. The lowest BCUT2D eigenvalue weighted by Crippen LogP contribution is -2.38. The van der Waals surface area contributed by atoms with E-state index in [1.54, 1.807) is 0 Å². The number of hydrogen-bond acceptors (Lipinski definition) is 3. The zero-order valence-electron chi connectivity index (χ0n) is 8.56. The predicted molar refractivity (Wildman–Crippen MR) is 53.7 cm³/mol. The van der Waals surface area contributed by atoms with Crippen LogP contribution in [0.15, 0.2) is 12.4 Å². The van der Waals surface area contributed by atoms with Crippen molar-refractivity contribution in [2.75, 3.05) is 13.1 Å². The van der Waals surface area contributed by atoms with Crippen LogP contribution in [0.25, 0.3) is 0 Å². The standard InChI is InChI=1S/C10H17N3O/c1-12-6-4-11-10(12)8-13-5-2-3-9(14)7-13/h4,6,9,14H,2-3,5,7-8H2,1H3. The predicted octanol–water partition coefficient (Wildman–Crippen LogP) is 0.377. The first-order valence-corrected chi connectivity index (χ1v) is 5.12. The number of aryl methyl sites for hydroxylation is 1. The molecule has 1 aromatic rings. The van der Waals surface area contributed by atoms with Gasteiger partial charge in [-0.3, -0.25) is 4.90 Å². The first-order valence-electron chi connectivity index (χ1n) is 5.12. The van der Waals surface area contributed by atoms with Crippen molar-refractivity contribution in [2.45, 2.75) is 25.5 Å². The van der Waals surface area contributed by atoms with E-state index >= 15 is 0 Å². The van der Waals surface area contributed by atoms with Crippen molar-refractivity contribution in [2.24, 2.45) is 7.05 Å². The van der Waals surface area contributed by atoms with Crippen molar-refractivity contribution in [3.8, 4) is 0 Å². The van der Waals surface area contributed by atoms with Crippen LogP contribution in [0.4, 0.5) is 0 Å². The van der Waals surface area contributed by atoms with Crippen molar-refractivity contribution in [1.29, 1.82) is 0 Å². The fourth-order valence-electron chi connectivity index (χ4n) is 1.92. The Bertz CT molecular complexity index is 297. The summed E-state index contributed by atoms with van der Waals surface area (Å²) in [5.74, 6) is 1.07. The summed E-state index contributed by atoms with van der Waals surface area (Å²) in [6, 6.07) is 0. The largest absolute Gasteiger partial charge is 0.392 e. The van der Waals surface area contributed by atoms with Crippen LogP contribution in [-0.2, 0) is 13.6 Å². The third kappa shape index (κ3) is 2.13. The highest BCUT2D eigenvalue weighted by molar-refractivity contribution is 4.91. The average Bonchev–Trinajstić information content (AvgIpc) is 2.52. The summed E-state index contributed by atoms with van der Waals surface area (Å²) in [5.41, 5.74) is 0. The monoisotopic (exact) mass is 195 g/mol. The third-order valence-electron chi connectivity index (χ3n) is 2.77. The molecule has 2 rings (SSSR count). The third-order valence-corrected chi connectivity index (χ3v) is 2.77. The minimum atomic E-state index is -0.149. The van der Waals surface area contributed by atoms with E-state index in [0.717, 1.165) is 38.3 Å². The molecular formula is C10H17N3O. The number of nitrogens with zero attached hydrogens (tertiary/aromatic N) is 3. The van der Waals surface area contributed by atoms with Crippen molar-refractivity contribution >= 4 is 0 Å². The second-order valence-electron chi connectivity index (χ2n) is 3.99. The number of β-amino-alcohol motifs (C(OH)–C–C–N with tert-alkyl or cyclic N) is 1. The Kier molecular flexibility index (Phi) is 2.84. The molecule has 4 nitrogen and oxygen atoms in total. The van der Waals surface area contributed by atoms with Gasteiger partial charge in [0.15, 0.2) is 0 Å². The summed E-state index contributed by atoms with van der Waals surface area (Å²) >= 11 is 0. The Hall–Kier alpha value is -0.870. The molecule has 0 bridgehead atoms. The van der Waals surface area contributed by atoms with Gasteiger partial charge in [-0.1, -0.05) is 0 Å². The molecule has 0 spiro atoms. The Balaban J connectivity index is 1.94. The fourth-order valence-corrected chi connectivity index (χ4v) is 1.92. The molecular weight excluding hydrogens is 178 g/mol. The lowest BCUT2D eigenvalue weighted by atomic mass is 10.1. The van der Waals surface area contributed by atoms with Gasteiger partial charge in [-0.15, -0.1) is 0 Å². The first kappa shape index (κ1) is 9.68.